The fourth-order valence-corrected chi connectivity index (χ4v) is 3.71. The van der Waals surface area contributed by atoms with Crippen molar-refractivity contribution in [2.45, 2.75) is 18.9 Å². The highest BCUT2D eigenvalue weighted by atomic mass is 16.5. The number of methoxy groups -OCH3 is 2. The van der Waals surface area contributed by atoms with E-state index in [1.807, 2.05) is 9.80 Å². The summed E-state index contributed by atoms with van der Waals surface area (Å²) in [6, 6.07) is 3.58. The van der Waals surface area contributed by atoms with Gasteiger partial charge in [0, 0.05) is 44.2 Å². The van der Waals surface area contributed by atoms with Crippen molar-refractivity contribution in [1.82, 2.24) is 14.9 Å². The van der Waals surface area contributed by atoms with Crippen LogP contribution in [0, 0.1) is 0 Å². The van der Waals surface area contributed by atoms with Crippen LogP contribution in [-0.2, 0) is 14.3 Å². The molecule has 2 aliphatic heterocycles. The Bertz CT molecular complexity index is 989. The molecule has 2 aliphatic rings. The number of carboxylic acids is 1. The second kappa shape index (κ2) is 11.0. The fourth-order valence-electron chi connectivity index (χ4n) is 3.71. The van der Waals surface area contributed by atoms with Gasteiger partial charge in [0.2, 0.25) is 5.95 Å². The second-order valence-electron chi connectivity index (χ2n) is 7.55. The van der Waals surface area contributed by atoms with Gasteiger partial charge < -0.3 is 40.6 Å². The minimum Gasteiger partial charge on any atom is -0.493 e. The SMILES string of the molecule is COc1cc2nc(N3CCN(C(=O)C4CCCO4)CC3)nc(N)c2cc1OC.NCC(=O)O. The minimum absolute atomic E-state index is 0.0907. The van der Waals surface area contributed by atoms with Crippen molar-refractivity contribution in [3.05, 3.63) is 12.1 Å². The van der Waals surface area contributed by atoms with Gasteiger partial charge in [0.1, 0.15) is 11.9 Å². The number of benzene rings is 1. The molecular weight excluding hydrogens is 432 g/mol. The highest BCUT2D eigenvalue weighted by Gasteiger charge is 2.31. The molecule has 1 aromatic heterocycles. The van der Waals surface area contributed by atoms with E-state index < -0.39 is 5.97 Å². The molecule has 1 atom stereocenters. The molecule has 5 N–H and O–H groups in total. The highest BCUT2D eigenvalue weighted by molar-refractivity contribution is 5.91. The van der Waals surface area contributed by atoms with E-state index in [4.69, 9.17) is 25.1 Å². The van der Waals surface area contributed by atoms with E-state index in [1.54, 1.807) is 26.4 Å². The monoisotopic (exact) mass is 462 g/mol. The van der Waals surface area contributed by atoms with Crippen LogP contribution in [0.15, 0.2) is 12.1 Å². The van der Waals surface area contributed by atoms with Gasteiger partial charge in [-0.1, -0.05) is 0 Å². The predicted octanol–water partition coefficient (Wildman–Crippen LogP) is 0.0865. The minimum atomic E-state index is -0.968. The Morgan fingerprint density at radius 2 is 1.79 bits per heavy atom. The molecular formula is C21H30N6O6. The first-order valence-corrected chi connectivity index (χ1v) is 10.6. The Hall–Kier alpha value is -3.38. The van der Waals surface area contributed by atoms with Crippen molar-refractivity contribution in [3.8, 4) is 11.5 Å². The number of anilines is 2. The summed E-state index contributed by atoms with van der Waals surface area (Å²) in [5.74, 6) is 1.24. The Balaban J connectivity index is 0.000000555. The van der Waals surface area contributed by atoms with Gasteiger partial charge in [-0.05, 0) is 18.9 Å². The van der Waals surface area contributed by atoms with Gasteiger partial charge in [-0.2, -0.15) is 4.98 Å². The average Bonchev–Trinajstić information content (AvgIpc) is 3.38. The summed E-state index contributed by atoms with van der Waals surface area (Å²) in [5, 5.41) is 8.31. The standard InChI is InChI=1S/C19H25N5O4.C2H5NO2/c1-26-15-10-12-13(11-16(15)27-2)21-19(22-17(12)20)24-7-5-23(6-8-24)18(25)14-4-3-9-28-14;3-1-2(4)5/h10-11,14H,3-9H2,1-2H3,(H2,20,21,22);1,3H2,(H,4,5). The number of piperazine rings is 1. The summed E-state index contributed by atoms with van der Waals surface area (Å²) in [5.41, 5.74) is 11.4. The first-order chi connectivity index (χ1) is 15.9. The first kappa shape index (κ1) is 24.3. The van der Waals surface area contributed by atoms with Gasteiger partial charge in [0.25, 0.3) is 5.91 Å². The molecule has 0 radical (unpaired) electrons. The molecule has 0 saturated carbocycles. The van der Waals surface area contributed by atoms with Gasteiger partial charge in [0.05, 0.1) is 26.3 Å². The zero-order chi connectivity index (χ0) is 24.0. The van der Waals surface area contributed by atoms with E-state index in [0.29, 0.717) is 67.0 Å². The van der Waals surface area contributed by atoms with Crippen LogP contribution in [0.25, 0.3) is 10.9 Å². The molecule has 4 rings (SSSR count). The number of carbonyl (C=O) groups excluding carboxylic acids is 1. The molecule has 12 nitrogen and oxygen atoms in total. The van der Waals surface area contributed by atoms with E-state index in [-0.39, 0.29) is 18.6 Å². The van der Waals surface area contributed by atoms with Crippen LogP contribution >= 0.6 is 0 Å². The lowest BCUT2D eigenvalue weighted by molar-refractivity contribution is -0.141. The van der Waals surface area contributed by atoms with Crippen molar-refractivity contribution in [2.24, 2.45) is 5.73 Å². The van der Waals surface area contributed by atoms with Crippen molar-refractivity contribution in [1.29, 1.82) is 0 Å². The summed E-state index contributed by atoms with van der Waals surface area (Å²) in [4.78, 5) is 34.8. The third-order valence-electron chi connectivity index (χ3n) is 5.47. The Labute approximate surface area is 191 Å². The number of carboxylic acid groups (broad SMARTS) is 1. The largest absolute Gasteiger partial charge is 0.493 e. The lowest BCUT2D eigenvalue weighted by Crippen LogP contribution is -2.51. The molecule has 1 unspecified atom stereocenters. The van der Waals surface area contributed by atoms with Crippen LogP contribution in [0.1, 0.15) is 12.8 Å². The van der Waals surface area contributed by atoms with Gasteiger partial charge >= 0.3 is 5.97 Å². The molecule has 3 heterocycles. The Morgan fingerprint density at radius 1 is 1.15 bits per heavy atom. The van der Waals surface area contributed by atoms with Crippen molar-refractivity contribution >= 4 is 34.5 Å². The molecule has 0 bridgehead atoms. The summed E-state index contributed by atoms with van der Waals surface area (Å²) in [6.45, 7) is 2.93. The number of carbonyl (C=O) groups is 2. The second-order valence-corrected chi connectivity index (χ2v) is 7.55. The lowest BCUT2D eigenvalue weighted by Gasteiger charge is -2.35. The molecule has 33 heavy (non-hydrogen) atoms. The zero-order valence-corrected chi connectivity index (χ0v) is 18.8. The predicted molar refractivity (Wildman–Crippen MR) is 122 cm³/mol. The Morgan fingerprint density at radius 3 is 2.33 bits per heavy atom. The fraction of sp³-hybridized carbons (Fsp3) is 0.524. The zero-order valence-electron chi connectivity index (χ0n) is 18.8. The molecule has 2 fully saturated rings. The summed E-state index contributed by atoms with van der Waals surface area (Å²) in [7, 11) is 3.16. The number of hydrogen-bond donors (Lipinski definition) is 3. The number of amides is 1. The van der Waals surface area contributed by atoms with E-state index in [9.17, 15) is 9.59 Å². The normalized spacial score (nSPS) is 18.0. The number of fused-ring (bicyclic) bond motifs is 1. The Kier molecular flexibility index (Phi) is 8.06. The van der Waals surface area contributed by atoms with Gasteiger partial charge in [-0.25, -0.2) is 4.98 Å². The first-order valence-electron chi connectivity index (χ1n) is 10.6. The molecule has 0 spiro atoms. The number of ether oxygens (including phenoxy) is 3. The van der Waals surface area contributed by atoms with E-state index in [0.717, 1.165) is 12.8 Å². The summed E-state index contributed by atoms with van der Waals surface area (Å²) in [6.07, 6.45) is 1.49. The number of aliphatic carboxylic acids is 1. The number of nitrogens with zero attached hydrogens (tertiary/aromatic N) is 4. The number of rotatable bonds is 5. The molecule has 1 aromatic carbocycles. The number of aromatic nitrogens is 2. The van der Waals surface area contributed by atoms with Crippen LogP contribution in [0.5, 0.6) is 11.5 Å². The molecule has 1 amide bonds. The van der Waals surface area contributed by atoms with Crippen molar-refractivity contribution < 1.29 is 28.9 Å². The maximum absolute atomic E-state index is 12.5. The smallest absolute Gasteiger partial charge is 0.317 e. The van der Waals surface area contributed by atoms with Crippen molar-refractivity contribution in [2.75, 3.05) is 64.2 Å². The molecule has 12 heteroatoms. The maximum Gasteiger partial charge on any atom is 0.317 e. The summed E-state index contributed by atoms with van der Waals surface area (Å²) >= 11 is 0. The number of hydrogen-bond acceptors (Lipinski definition) is 10. The highest BCUT2D eigenvalue weighted by Crippen LogP contribution is 2.34. The van der Waals surface area contributed by atoms with Crippen LogP contribution < -0.4 is 25.8 Å². The summed E-state index contributed by atoms with van der Waals surface area (Å²) < 4.78 is 16.2. The molecule has 180 valence electrons. The topological polar surface area (TPSA) is 166 Å². The third kappa shape index (κ3) is 5.71. The van der Waals surface area contributed by atoms with E-state index in [1.165, 1.54) is 0 Å². The van der Waals surface area contributed by atoms with Gasteiger partial charge in [-0.15, -0.1) is 0 Å². The van der Waals surface area contributed by atoms with Crippen LogP contribution in [0.4, 0.5) is 11.8 Å². The van der Waals surface area contributed by atoms with Crippen LogP contribution in [0.3, 0.4) is 0 Å². The van der Waals surface area contributed by atoms with Crippen molar-refractivity contribution in [3.63, 3.8) is 0 Å². The number of nitrogen functional groups attached to an aromatic ring is 1. The van der Waals surface area contributed by atoms with Gasteiger partial charge in [0.15, 0.2) is 11.5 Å². The van der Waals surface area contributed by atoms with Gasteiger partial charge in [-0.3, -0.25) is 9.59 Å². The molecule has 2 aromatic rings. The van der Waals surface area contributed by atoms with E-state index >= 15 is 0 Å². The third-order valence-corrected chi connectivity index (χ3v) is 5.47. The molecule has 2 saturated heterocycles. The molecule has 0 aliphatic carbocycles. The number of nitrogens with two attached hydrogens (primary N) is 2. The maximum atomic E-state index is 12.5. The van der Waals surface area contributed by atoms with Crippen LogP contribution in [0.2, 0.25) is 0 Å². The van der Waals surface area contributed by atoms with Crippen LogP contribution in [-0.4, -0.2) is 91.5 Å². The quantitative estimate of drug-likeness (QED) is 0.551. The van der Waals surface area contributed by atoms with E-state index in [2.05, 4.69) is 15.7 Å². The average molecular weight is 463 g/mol. The lowest BCUT2D eigenvalue weighted by atomic mass is 10.2.